The molecule has 0 aromatic heterocycles. The maximum Gasteiger partial charge on any atom is 0.311 e. The average Bonchev–Trinajstić information content (AvgIpc) is 3.54. The molecule has 3 fully saturated rings. The van der Waals surface area contributed by atoms with Gasteiger partial charge in [-0.05, 0) is 38.7 Å². The molecule has 3 aliphatic rings. The van der Waals surface area contributed by atoms with Crippen LogP contribution in [0.2, 0.25) is 0 Å². The summed E-state index contributed by atoms with van der Waals surface area (Å²) < 4.78 is 5.37. The summed E-state index contributed by atoms with van der Waals surface area (Å²) in [6.45, 7) is 6.81. The van der Waals surface area contributed by atoms with Crippen LogP contribution in [0, 0.1) is 18.8 Å². The molecule has 1 saturated carbocycles. The van der Waals surface area contributed by atoms with E-state index >= 15 is 0 Å². The number of piperazine rings is 1. The number of carbonyl (C=O) groups is 3. The van der Waals surface area contributed by atoms with Crippen molar-refractivity contribution in [1.29, 1.82) is 0 Å². The van der Waals surface area contributed by atoms with Gasteiger partial charge in [0.05, 0.1) is 18.6 Å². The molecule has 7 nitrogen and oxygen atoms in total. The third kappa shape index (κ3) is 4.08. The Morgan fingerprint density at radius 1 is 1.07 bits per heavy atom. The van der Waals surface area contributed by atoms with Gasteiger partial charge in [0.15, 0.2) is 0 Å². The second-order valence-corrected chi connectivity index (χ2v) is 8.56. The minimum atomic E-state index is -0.614. The number of likely N-dealkylation sites (tertiary alicyclic amines) is 1. The summed E-state index contributed by atoms with van der Waals surface area (Å²) in [6.07, 6.45) is 2.03. The molecule has 3 atom stereocenters. The fraction of sp³-hybridized carbons (Fsp3) is 0.609. The van der Waals surface area contributed by atoms with Gasteiger partial charge >= 0.3 is 5.97 Å². The number of benzene rings is 1. The summed E-state index contributed by atoms with van der Waals surface area (Å²) in [6, 6.07) is 6.84. The summed E-state index contributed by atoms with van der Waals surface area (Å²) in [5.74, 6) is -0.938. The lowest BCUT2D eigenvalue weighted by Gasteiger charge is -2.35. The largest absolute Gasteiger partial charge is 0.466 e. The molecule has 2 heterocycles. The van der Waals surface area contributed by atoms with Gasteiger partial charge in [0.2, 0.25) is 11.8 Å². The first kappa shape index (κ1) is 20.8. The number of hydrogen-bond donors (Lipinski definition) is 1. The van der Waals surface area contributed by atoms with Gasteiger partial charge in [-0.1, -0.05) is 29.8 Å². The van der Waals surface area contributed by atoms with Crippen molar-refractivity contribution in [3.63, 3.8) is 0 Å². The normalized spacial score (nSPS) is 26.5. The van der Waals surface area contributed by atoms with E-state index < -0.39 is 18.0 Å². The van der Waals surface area contributed by atoms with Crippen LogP contribution in [0.25, 0.3) is 0 Å². The van der Waals surface area contributed by atoms with E-state index in [0.717, 1.165) is 37.1 Å². The van der Waals surface area contributed by atoms with Gasteiger partial charge in [-0.3, -0.25) is 14.4 Å². The van der Waals surface area contributed by atoms with Gasteiger partial charge in [-0.15, -0.1) is 0 Å². The van der Waals surface area contributed by atoms with Crippen LogP contribution >= 0.6 is 0 Å². The lowest BCUT2D eigenvalue weighted by Crippen LogP contribution is -2.54. The lowest BCUT2D eigenvalue weighted by atomic mass is 9.92. The summed E-state index contributed by atoms with van der Waals surface area (Å²) in [5, 5.41) is 3.26. The van der Waals surface area contributed by atoms with Crippen molar-refractivity contribution in [2.45, 2.75) is 45.2 Å². The summed E-state index contributed by atoms with van der Waals surface area (Å²) in [4.78, 5) is 43.3. The Hall–Kier alpha value is -2.41. The molecule has 0 spiro atoms. The Bertz CT molecular complexity index is 799. The highest BCUT2D eigenvalue weighted by molar-refractivity contribution is 5.92. The first-order valence-corrected chi connectivity index (χ1v) is 11.1. The van der Waals surface area contributed by atoms with Crippen LogP contribution in [0.3, 0.4) is 0 Å². The maximum absolute atomic E-state index is 13.5. The van der Waals surface area contributed by atoms with Crippen LogP contribution in [-0.2, 0) is 19.1 Å². The Labute approximate surface area is 177 Å². The molecule has 1 N–H and O–H groups in total. The molecule has 30 heavy (non-hydrogen) atoms. The third-order valence-corrected chi connectivity index (χ3v) is 6.40. The fourth-order valence-corrected chi connectivity index (χ4v) is 4.65. The predicted molar refractivity (Wildman–Crippen MR) is 111 cm³/mol. The molecule has 2 amide bonds. The van der Waals surface area contributed by atoms with Crippen LogP contribution in [0.5, 0.6) is 0 Å². The molecular weight excluding hydrogens is 382 g/mol. The van der Waals surface area contributed by atoms with Crippen LogP contribution in [0.4, 0.5) is 0 Å². The molecular formula is C23H31N3O4. The number of hydrogen-bond acceptors (Lipinski definition) is 5. The Kier molecular flexibility index (Phi) is 6.09. The molecule has 2 aliphatic heterocycles. The first-order valence-electron chi connectivity index (χ1n) is 11.1. The van der Waals surface area contributed by atoms with Gasteiger partial charge in [0.25, 0.3) is 0 Å². The highest BCUT2D eigenvalue weighted by Crippen LogP contribution is 2.46. The molecule has 1 aliphatic carbocycles. The van der Waals surface area contributed by atoms with Crippen molar-refractivity contribution in [2.75, 3.05) is 32.8 Å². The number of carbonyl (C=O) groups excluding carboxylic acids is 3. The van der Waals surface area contributed by atoms with E-state index in [1.54, 1.807) is 11.8 Å². The summed E-state index contributed by atoms with van der Waals surface area (Å²) in [7, 11) is 0. The van der Waals surface area contributed by atoms with Crippen molar-refractivity contribution in [3.05, 3.63) is 35.4 Å². The minimum Gasteiger partial charge on any atom is -0.466 e. The van der Waals surface area contributed by atoms with Crippen LogP contribution < -0.4 is 5.32 Å². The minimum absolute atomic E-state index is 0.000794. The number of amides is 2. The van der Waals surface area contributed by atoms with E-state index in [2.05, 4.69) is 5.32 Å². The topological polar surface area (TPSA) is 79.0 Å². The predicted octanol–water partition coefficient (Wildman–Crippen LogP) is 1.66. The molecule has 7 heteroatoms. The highest BCUT2D eigenvalue weighted by atomic mass is 16.5. The zero-order valence-corrected chi connectivity index (χ0v) is 17.8. The van der Waals surface area contributed by atoms with E-state index in [1.165, 1.54) is 0 Å². The van der Waals surface area contributed by atoms with Crippen LogP contribution in [0.15, 0.2) is 24.3 Å². The van der Waals surface area contributed by atoms with Gasteiger partial charge in [-0.2, -0.15) is 0 Å². The van der Waals surface area contributed by atoms with E-state index in [-0.39, 0.29) is 30.3 Å². The lowest BCUT2D eigenvalue weighted by molar-refractivity contribution is -0.150. The van der Waals surface area contributed by atoms with Crippen LogP contribution in [0.1, 0.15) is 43.4 Å². The molecule has 1 aromatic rings. The third-order valence-electron chi connectivity index (χ3n) is 6.40. The van der Waals surface area contributed by atoms with E-state index in [1.807, 2.05) is 36.1 Å². The Balaban J connectivity index is 1.71. The Morgan fingerprint density at radius 2 is 1.73 bits per heavy atom. The quantitative estimate of drug-likeness (QED) is 0.743. The monoisotopic (exact) mass is 413 g/mol. The molecule has 0 radical (unpaired) electrons. The van der Waals surface area contributed by atoms with Gasteiger partial charge in [-0.25, -0.2) is 0 Å². The molecule has 1 aromatic carbocycles. The fourth-order valence-electron chi connectivity index (χ4n) is 4.65. The van der Waals surface area contributed by atoms with E-state index in [4.69, 9.17) is 4.74 Å². The second kappa shape index (κ2) is 8.76. The highest BCUT2D eigenvalue weighted by Gasteiger charge is 2.53. The number of rotatable bonds is 5. The van der Waals surface area contributed by atoms with Crippen molar-refractivity contribution >= 4 is 17.8 Å². The van der Waals surface area contributed by atoms with Crippen molar-refractivity contribution < 1.29 is 19.1 Å². The van der Waals surface area contributed by atoms with Crippen molar-refractivity contribution in [2.24, 2.45) is 11.8 Å². The maximum atomic E-state index is 13.5. The second-order valence-electron chi connectivity index (χ2n) is 8.56. The summed E-state index contributed by atoms with van der Waals surface area (Å²) in [5.41, 5.74) is 2.00. The van der Waals surface area contributed by atoms with Crippen LogP contribution in [-0.4, -0.2) is 66.4 Å². The smallest absolute Gasteiger partial charge is 0.311 e. The van der Waals surface area contributed by atoms with Gasteiger partial charge in [0, 0.05) is 32.1 Å². The van der Waals surface area contributed by atoms with Gasteiger partial charge < -0.3 is 19.9 Å². The molecule has 162 valence electrons. The number of nitrogens with one attached hydrogen (secondary N) is 1. The zero-order chi connectivity index (χ0) is 21.3. The zero-order valence-electron chi connectivity index (χ0n) is 17.8. The number of aryl methyl sites for hydroxylation is 1. The first-order chi connectivity index (χ1) is 14.5. The molecule has 4 rings (SSSR count). The molecule has 0 bridgehead atoms. The number of nitrogens with zero attached hydrogens (tertiary/aromatic N) is 2. The summed E-state index contributed by atoms with van der Waals surface area (Å²) >= 11 is 0. The van der Waals surface area contributed by atoms with E-state index in [0.29, 0.717) is 19.5 Å². The molecule has 3 unspecified atom stereocenters. The van der Waals surface area contributed by atoms with E-state index in [9.17, 15) is 14.4 Å². The Morgan fingerprint density at radius 3 is 2.33 bits per heavy atom. The standard InChI is InChI=1S/C23H31N3O4/c1-3-30-23(29)18-14-19(22(28)25-12-10-24-11-13-25)26(21(27)17-8-9-17)20(18)16-6-4-15(2)5-7-16/h4-7,17-20,24H,3,8-14H2,1-2H3. The average molecular weight is 414 g/mol. The molecule has 2 saturated heterocycles. The van der Waals surface area contributed by atoms with Crippen molar-refractivity contribution in [3.8, 4) is 0 Å². The number of ether oxygens (including phenoxy) is 1. The van der Waals surface area contributed by atoms with Crippen molar-refractivity contribution in [1.82, 2.24) is 15.1 Å². The SMILES string of the molecule is CCOC(=O)C1CC(C(=O)N2CCNCC2)N(C(=O)C2CC2)C1c1ccc(C)cc1. The van der Waals surface area contributed by atoms with Gasteiger partial charge in [0.1, 0.15) is 6.04 Å². The number of esters is 1.